The standard InChI is InChI=1S/C19H14ClN3O4/c20-14-4-6-15(7-5-14)22-19(26)23-21-11-16-8-9-17(27-16)12-2-1-3-13(10-12)18(24)25/h1-11H,(H,24,25)(H2,22,23,26)/b21-11+. The molecule has 0 aliphatic carbocycles. The van der Waals surface area contributed by atoms with Gasteiger partial charge in [0.05, 0.1) is 11.8 Å². The number of anilines is 1. The minimum atomic E-state index is -1.01. The lowest BCUT2D eigenvalue weighted by atomic mass is 10.1. The van der Waals surface area contributed by atoms with Gasteiger partial charge in [-0.3, -0.25) is 0 Å². The number of carboxylic acid groups (broad SMARTS) is 1. The summed E-state index contributed by atoms with van der Waals surface area (Å²) < 4.78 is 5.59. The van der Waals surface area contributed by atoms with Crippen molar-refractivity contribution in [3.05, 3.63) is 77.0 Å². The first-order valence-electron chi connectivity index (χ1n) is 7.80. The molecule has 0 radical (unpaired) electrons. The van der Waals surface area contributed by atoms with Crippen LogP contribution in [0.3, 0.4) is 0 Å². The minimum Gasteiger partial charge on any atom is -0.478 e. The molecule has 1 aromatic heterocycles. The van der Waals surface area contributed by atoms with Crippen LogP contribution in [0, 0.1) is 0 Å². The molecule has 0 saturated carbocycles. The van der Waals surface area contributed by atoms with Crippen LogP contribution in [-0.4, -0.2) is 23.3 Å². The second-order valence-electron chi connectivity index (χ2n) is 5.42. The zero-order valence-electron chi connectivity index (χ0n) is 13.8. The number of halogens is 1. The van der Waals surface area contributed by atoms with E-state index in [-0.39, 0.29) is 5.56 Å². The third-order valence-corrected chi connectivity index (χ3v) is 3.73. The number of nitrogens with zero attached hydrogens (tertiary/aromatic N) is 1. The zero-order chi connectivity index (χ0) is 19.2. The fourth-order valence-electron chi connectivity index (χ4n) is 2.23. The number of hydrazone groups is 1. The van der Waals surface area contributed by atoms with E-state index in [0.717, 1.165) is 0 Å². The van der Waals surface area contributed by atoms with E-state index in [4.69, 9.17) is 21.1 Å². The van der Waals surface area contributed by atoms with E-state index in [1.165, 1.54) is 18.3 Å². The maximum absolute atomic E-state index is 11.8. The van der Waals surface area contributed by atoms with Gasteiger partial charge in [-0.1, -0.05) is 23.7 Å². The van der Waals surface area contributed by atoms with E-state index in [1.807, 2.05) is 0 Å². The molecule has 0 spiro atoms. The maximum atomic E-state index is 11.8. The first kappa shape index (κ1) is 18.2. The van der Waals surface area contributed by atoms with Crippen LogP contribution in [-0.2, 0) is 0 Å². The molecule has 2 aromatic carbocycles. The summed E-state index contributed by atoms with van der Waals surface area (Å²) in [5, 5.41) is 16.0. The minimum absolute atomic E-state index is 0.166. The van der Waals surface area contributed by atoms with Crippen LogP contribution in [0.15, 0.2) is 70.2 Å². The van der Waals surface area contributed by atoms with E-state index in [0.29, 0.717) is 27.8 Å². The molecule has 0 atom stereocenters. The van der Waals surface area contributed by atoms with Gasteiger partial charge in [0.1, 0.15) is 11.5 Å². The highest BCUT2D eigenvalue weighted by molar-refractivity contribution is 6.30. The second-order valence-corrected chi connectivity index (χ2v) is 5.86. The summed E-state index contributed by atoms with van der Waals surface area (Å²) in [5.74, 6) is -0.122. The van der Waals surface area contributed by atoms with Crippen molar-refractivity contribution >= 4 is 35.5 Å². The predicted octanol–water partition coefficient (Wildman–Crippen LogP) is 4.45. The van der Waals surface area contributed by atoms with E-state index < -0.39 is 12.0 Å². The SMILES string of the molecule is O=C(N/N=C/c1ccc(-c2cccc(C(=O)O)c2)o1)Nc1ccc(Cl)cc1. The molecule has 2 amide bonds. The van der Waals surface area contributed by atoms with Crippen LogP contribution in [0.5, 0.6) is 0 Å². The molecule has 3 rings (SSSR count). The predicted molar refractivity (Wildman–Crippen MR) is 102 cm³/mol. The van der Waals surface area contributed by atoms with Crippen LogP contribution in [0.4, 0.5) is 10.5 Å². The van der Waals surface area contributed by atoms with Gasteiger partial charge in [0.25, 0.3) is 0 Å². The third kappa shape index (κ3) is 4.96. The monoisotopic (exact) mass is 383 g/mol. The Kier molecular flexibility index (Phi) is 5.53. The highest BCUT2D eigenvalue weighted by Crippen LogP contribution is 2.22. The average molecular weight is 384 g/mol. The summed E-state index contributed by atoms with van der Waals surface area (Å²) in [5.41, 5.74) is 3.68. The normalized spacial score (nSPS) is 10.7. The molecule has 27 heavy (non-hydrogen) atoms. The number of nitrogens with one attached hydrogen (secondary N) is 2. The zero-order valence-corrected chi connectivity index (χ0v) is 14.6. The van der Waals surface area contributed by atoms with Crippen LogP contribution < -0.4 is 10.7 Å². The van der Waals surface area contributed by atoms with Gasteiger partial charge < -0.3 is 14.8 Å². The van der Waals surface area contributed by atoms with Crippen LogP contribution in [0.25, 0.3) is 11.3 Å². The lowest BCUT2D eigenvalue weighted by Crippen LogP contribution is -2.24. The Morgan fingerprint density at radius 1 is 1.07 bits per heavy atom. The third-order valence-electron chi connectivity index (χ3n) is 3.48. The van der Waals surface area contributed by atoms with Crippen molar-refractivity contribution < 1.29 is 19.1 Å². The summed E-state index contributed by atoms with van der Waals surface area (Å²) in [6.45, 7) is 0. The van der Waals surface area contributed by atoms with Gasteiger partial charge in [-0.15, -0.1) is 0 Å². The van der Waals surface area contributed by atoms with E-state index >= 15 is 0 Å². The molecule has 0 aliphatic rings. The van der Waals surface area contributed by atoms with E-state index in [1.54, 1.807) is 48.5 Å². The Hall–Kier alpha value is -3.58. The quantitative estimate of drug-likeness (QED) is 0.447. The largest absolute Gasteiger partial charge is 0.478 e. The highest BCUT2D eigenvalue weighted by Gasteiger charge is 2.08. The number of urea groups is 1. The summed E-state index contributed by atoms with van der Waals surface area (Å²) in [4.78, 5) is 22.8. The van der Waals surface area contributed by atoms with Gasteiger partial charge in [0.15, 0.2) is 0 Å². The van der Waals surface area contributed by atoms with Crippen molar-refractivity contribution in [2.45, 2.75) is 0 Å². The molecular formula is C19H14ClN3O4. The van der Waals surface area contributed by atoms with Gasteiger partial charge >= 0.3 is 12.0 Å². The van der Waals surface area contributed by atoms with Gasteiger partial charge in [-0.25, -0.2) is 15.0 Å². The molecule has 8 heteroatoms. The first-order chi connectivity index (χ1) is 13.0. The van der Waals surface area contributed by atoms with E-state index in [9.17, 15) is 9.59 Å². The Balaban J connectivity index is 1.60. The average Bonchev–Trinajstić information content (AvgIpc) is 3.13. The number of carbonyl (C=O) groups is 2. The molecule has 0 unspecified atom stereocenters. The van der Waals surface area contributed by atoms with Crippen molar-refractivity contribution in [2.24, 2.45) is 5.10 Å². The first-order valence-corrected chi connectivity index (χ1v) is 8.18. The number of amides is 2. The topological polar surface area (TPSA) is 104 Å². The molecule has 136 valence electrons. The fraction of sp³-hybridized carbons (Fsp3) is 0. The summed E-state index contributed by atoms with van der Waals surface area (Å²) in [7, 11) is 0. The molecule has 0 aliphatic heterocycles. The van der Waals surface area contributed by atoms with Crippen molar-refractivity contribution in [3.8, 4) is 11.3 Å². The van der Waals surface area contributed by atoms with Crippen molar-refractivity contribution in [3.63, 3.8) is 0 Å². The number of benzene rings is 2. The maximum Gasteiger partial charge on any atom is 0.339 e. The Labute approximate surface area is 159 Å². The van der Waals surface area contributed by atoms with Crippen molar-refractivity contribution in [1.29, 1.82) is 0 Å². The lowest BCUT2D eigenvalue weighted by molar-refractivity contribution is 0.0697. The van der Waals surface area contributed by atoms with Gasteiger partial charge in [-0.05, 0) is 48.5 Å². The molecular weight excluding hydrogens is 370 g/mol. The summed E-state index contributed by atoms with van der Waals surface area (Å²) in [6.07, 6.45) is 1.34. The molecule has 0 bridgehead atoms. The molecule has 3 aromatic rings. The number of hydrogen-bond acceptors (Lipinski definition) is 4. The smallest absolute Gasteiger partial charge is 0.339 e. The number of furan rings is 1. The Morgan fingerprint density at radius 2 is 1.85 bits per heavy atom. The van der Waals surface area contributed by atoms with Crippen molar-refractivity contribution in [1.82, 2.24) is 5.43 Å². The molecule has 7 nitrogen and oxygen atoms in total. The molecule has 3 N–H and O–H groups in total. The molecule has 0 fully saturated rings. The van der Waals surface area contributed by atoms with Gasteiger partial charge in [0.2, 0.25) is 0 Å². The summed E-state index contributed by atoms with van der Waals surface area (Å²) >= 11 is 5.78. The van der Waals surface area contributed by atoms with Crippen LogP contribution >= 0.6 is 11.6 Å². The number of rotatable bonds is 5. The number of hydrogen-bond donors (Lipinski definition) is 3. The number of carboxylic acids is 1. The van der Waals surface area contributed by atoms with Crippen molar-refractivity contribution in [2.75, 3.05) is 5.32 Å². The molecule has 0 saturated heterocycles. The van der Waals surface area contributed by atoms with Crippen LogP contribution in [0.1, 0.15) is 16.1 Å². The summed E-state index contributed by atoms with van der Waals surface area (Å²) in [6, 6.07) is 15.9. The fourth-order valence-corrected chi connectivity index (χ4v) is 2.36. The molecule has 1 heterocycles. The van der Waals surface area contributed by atoms with Gasteiger partial charge in [0, 0.05) is 16.3 Å². The van der Waals surface area contributed by atoms with E-state index in [2.05, 4.69) is 15.8 Å². The number of carbonyl (C=O) groups excluding carboxylic acids is 1. The lowest BCUT2D eigenvalue weighted by Gasteiger charge is -2.03. The van der Waals surface area contributed by atoms with Gasteiger partial charge in [-0.2, -0.15) is 5.10 Å². The number of aromatic carboxylic acids is 1. The van der Waals surface area contributed by atoms with Crippen LogP contribution in [0.2, 0.25) is 5.02 Å². The Bertz CT molecular complexity index is 996. The Morgan fingerprint density at radius 3 is 2.59 bits per heavy atom. The highest BCUT2D eigenvalue weighted by atomic mass is 35.5. The second kappa shape index (κ2) is 8.20.